The molecular formula is C19H20FNO6. The average molecular weight is 377 g/mol. The summed E-state index contributed by atoms with van der Waals surface area (Å²) in [5, 5.41) is 11.7. The van der Waals surface area contributed by atoms with Crippen LogP contribution in [0.4, 0.5) is 4.39 Å². The van der Waals surface area contributed by atoms with Gasteiger partial charge in [0.1, 0.15) is 0 Å². The first kappa shape index (κ1) is 20.0. The van der Waals surface area contributed by atoms with Crippen LogP contribution in [0.2, 0.25) is 0 Å². The number of nitrogens with one attached hydrogen (secondary N) is 1. The number of hydrogen-bond acceptors (Lipinski definition) is 5. The van der Waals surface area contributed by atoms with Gasteiger partial charge < -0.3 is 24.6 Å². The zero-order valence-corrected chi connectivity index (χ0v) is 14.9. The minimum Gasteiger partial charge on any atom is -0.493 e. The molecule has 0 aliphatic heterocycles. The second kappa shape index (κ2) is 9.42. The van der Waals surface area contributed by atoms with Crippen molar-refractivity contribution < 1.29 is 33.3 Å². The molecule has 1 atom stereocenters. The number of halogens is 1. The minimum absolute atomic E-state index is 0.0615. The third kappa shape index (κ3) is 5.60. The van der Waals surface area contributed by atoms with Crippen LogP contribution >= 0.6 is 0 Å². The van der Waals surface area contributed by atoms with Gasteiger partial charge in [0, 0.05) is 0 Å². The zero-order chi connectivity index (χ0) is 19.8. The summed E-state index contributed by atoms with van der Waals surface area (Å²) in [7, 11) is 2.93. The molecule has 2 aromatic rings. The van der Waals surface area contributed by atoms with Crippen molar-refractivity contribution in [3.8, 4) is 17.2 Å². The van der Waals surface area contributed by atoms with E-state index in [1.807, 2.05) is 0 Å². The Kier molecular flexibility index (Phi) is 6.99. The Hall–Kier alpha value is -3.29. The fourth-order valence-electron chi connectivity index (χ4n) is 2.44. The van der Waals surface area contributed by atoms with Gasteiger partial charge in [-0.2, -0.15) is 0 Å². The van der Waals surface area contributed by atoms with E-state index < -0.39 is 30.3 Å². The largest absolute Gasteiger partial charge is 0.493 e. The lowest BCUT2D eigenvalue weighted by atomic mass is 10.0. The summed E-state index contributed by atoms with van der Waals surface area (Å²) in [5.41, 5.74) is 0.522. The molecule has 144 valence electrons. The van der Waals surface area contributed by atoms with Gasteiger partial charge in [-0.1, -0.05) is 18.2 Å². The minimum atomic E-state index is -1.09. The molecule has 0 aliphatic carbocycles. The maximum absolute atomic E-state index is 13.5. The van der Waals surface area contributed by atoms with Crippen LogP contribution < -0.4 is 19.5 Å². The van der Waals surface area contributed by atoms with Crippen molar-refractivity contribution in [2.75, 3.05) is 20.8 Å². The first-order valence-corrected chi connectivity index (χ1v) is 8.05. The molecule has 1 unspecified atom stereocenters. The normalized spacial score (nSPS) is 11.4. The molecule has 2 rings (SSSR count). The summed E-state index contributed by atoms with van der Waals surface area (Å²) in [5.74, 6) is -1.45. The molecule has 1 amide bonds. The van der Waals surface area contributed by atoms with Gasteiger partial charge in [0.25, 0.3) is 5.91 Å². The van der Waals surface area contributed by atoms with Crippen molar-refractivity contribution in [2.45, 2.75) is 12.5 Å². The second-order valence-electron chi connectivity index (χ2n) is 5.55. The molecule has 0 aromatic heterocycles. The van der Waals surface area contributed by atoms with E-state index in [0.29, 0.717) is 17.1 Å². The number of carbonyl (C=O) groups is 2. The molecule has 7 nitrogen and oxygen atoms in total. The molecule has 27 heavy (non-hydrogen) atoms. The van der Waals surface area contributed by atoms with Crippen LogP contribution in [0.3, 0.4) is 0 Å². The standard InChI is InChI=1S/C19H20FNO6/c1-25-16-8-7-12(9-17(16)26-2)14(10-19(23)24)21-18(22)11-27-15-6-4-3-5-13(15)20/h3-9,14H,10-11H2,1-2H3,(H,21,22)(H,23,24). The predicted octanol–water partition coefficient (Wildman–Crippen LogP) is 2.55. The highest BCUT2D eigenvalue weighted by Gasteiger charge is 2.20. The van der Waals surface area contributed by atoms with Crippen LogP contribution in [-0.4, -0.2) is 37.8 Å². The maximum Gasteiger partial charge on any atom is 0.305 e. The van der Waals surface area contributed by atoms with Gasteiger partial charge in [0.2, 0.25) is 0 Å². The quantitative estimate of drug-likeness (QED) is 0.698. The van der Waals surface area contributed by atoms with E-state index in [1.54, 1.807) is 24.3 Å². The first-order valence-electron chi connectivity index (χ1n) is 8.05. The molecule has 0 fully saturated rings. The fourth-order valence-corrected chi connectivity index (χ4v) is 2.44. The molecule has 0 saturated heterocycles. The summed E-state index contributed by atoms with van der Waals surface area (Å²) in [6, 6.07) is 9.70. The van der Waals surface area contributed by atoms with Crippen molar-refractivity contribution in [1.82, 2.24) is 5.32 Å². The van der Waals surface area contributed by atoms with Gasteiger partial charge >= 0.3 is 5.97 Å². The number of aliphatic carboxylic acids is 1. The summed E-state index contributed by atoms with van der Waals surface area (Å²) >= 11 is 0. The number of carbonyl (C=O) groups excluding carboxylic acids is 1. The van der Waals surface area contributed by atoms with Gasteiger partial charge in [-0.15, -0.1) is 0 Å². The summed E-state index contributed by atoms with van der Waals surface area (Å²) < 4.78 is 29.0. The Morgan fingerprint density at radius 1 is 1.07 bits per heavy atom. The van der Waals surface area contributed by atoms with Crippen molar-refractivity contribution in [3.05, 3.63) is 53.8 Å². The number of hydrogen-bond donors (Lipinski definition) is 2. The van der Waals surface area contributed by atoms with E-state index in [0.717, 1.165) is 0 Å². The Morgan fingerprint density at radius 2 is 1.78 bits per heavy atom. The number of carboxylic acid groups (broad SMARTS) is 1. The Balaban J connectivity index is 2.11. The number of benzene rings is 2. The summed E-state index contributed by atoms with van der Waals surface area (Å²) in [6.07, 6.45) is -0.346. The SMILES string of the molecule is COc1ccc(C(CC(=O)O)NC(=O)COc2ccccc2F)cc1OC. The number of amides is 1. The Morgan fingerprint density at radius 3 is 2.41 bits per heavy atom. The van der Waals surface area contributed by atoms with Crippen molar-refractivity contribution in [1.29, 1.82) is 0 Å². The molecule has 0 heterocycles. The van der Waals surface area contributed by atoms with Gasteiger partial charge in [-0.05, 0) is 29.8 Å². The van der Waals surface area contributed by atoms with E-state index in [9.17, 15) is 14.0 Å². The smallest absolute Gasteiger partial charge is 0.305 e. The molecule has 0 aliphatic rings. The molecule has 2 N–H and O–H groups in total. The van der Waals surface area contributed by atoms with Crippen LogP contribution in [0.5, 0.6) is 17.2 Å². The van der Waals surface area contributed by atoms with Gasteiger partial charge in [-0.25, -0.2) is 4.39 Å². The molecular weight excluding hydrogens is 357 g/mol. The van der Waals surface area contributed by atoms with E-state index in [4.69, 9.17) is 19.3 Å². The van der Waals surface area contributed by atoms with Crippen molar-refractivity contribution in [2.24, 2.45) is 0 Å². The predicted molar refractivity (Wildman–Crippen MR) is 94.6 cm³/mol. The van der Waals surface area contributed by atoms with Gasteiger partial charge in [0.05, 0.1) is 26.7 Å². The van der Waals surface area contributed by atoms with E-state index in [2.05, 4.69) is 5.32 Å². The lowest BCUT2D eigenvalue weighted by Crippen LogP contribution is -2.34. The number of methoxy groups -OCH3 is 2. The Labute approximate surface area is 155 Å². The summed E-state index contributed by atoms with van der Waals surface area (Å²) in [4.78, 5) is 23.3. The average Bonchev–Trinajstić information content (AvgIpc) is 2.66. The Bertz CT molecular complexity index is 811. The highest BCUT2D eigenvalue weighted by atomic mass is 19.1. The van der Waals surface area contributed by atoms with Crippen LogP contribution in [0.15, 0.2) is 42.5 Å². The highest BCUT2D eigenvalue weighted by molar-refractivity contribution is 5.79. The molecule has 8 heteroatoms. The van der Waals surface area contributed by atoms with Crippen LogP contribution in [0.25, 0.3) is 0 Å². The fraction of sp³-hybridized carbons (Fsp3) is 0.263. The number of ether oxygens (including phenoxy) is 3. The third-order valence-corrected chi connectivity index (χ3v) is 3.72. The second-order valence-corrected chi connectivity index (χ2v) is 5.55. The molecule has 2 aromatic carbocycles. The van der Waals surface area contributed by atoms with Crippen LogP contribution in [0.1, 0.15) is 18.0 Å². The molecule has 0 bridgehead atoms. The maximum atomic E-state index is 13.5. The highest BCUT2D eigenvalue weighted by Crippen LogP contribution is 2.31. The lowest BCUT2D eigenvalue weighted by Gasteiger charge is -2.19. The van der Waals surface area contributed by atoms with E-state index >= 15 is 0 Å². The van der Waals surface area contributed by atoms with Crippen LogP contribution in [0, 0.1) is 5.82 Å². The third-order valence-electron chi connectivity index (χ3n) is 3.72. The van der Waals surface area contributed by atoms with E-state index in [1.165, 1.54) is 32.4 Å². The molecule has 0 radical (unpaired) electrons. The topological polar surface area (TPSA) is 94.1 Å². The number of carboxylic acids is 1. The molecule has 0 saturated carbocycles. The first-order chi connectivity index (χ1) is 12.9. The number of para-hydroxylation sites is 1. The van der Waals surface area contributed by atoms with Crippen LogP contribution in [-0.2, 0) is 9.59 Å². The van der Waals surface area contributed by atoms with Crippen molar-refractivity contribution >= 4 is 11.9 Å². The zero-order valence-electron chi connectivity index (χ0n) is 14.9. The van der Waals surface area contributed by atoms with E-state index in [-0.39, 0.29) is 12.2 Å². The summed E-state index contributed by atoms with van der Waals surface area (Å²) in [6.45, 7) is -0.454. The van der Waals surface area contributed by atoms with Gasteiger partial charge in [-0.3, -0.25) is 9.59 Å². The molecule has 0 spiro atoms. The van der Waals surface area contributed by atoms with Crippen molar-refractivity contribution in [3.63, 3.8) is 0 Å². The van der Waals surface area contributed by atoms with Gasteiger partial charge in [0.15, 0.2) is 29.7 Å². The number of rotatable bonds is 9. The lowest BCUT2D eigenvalue weighted by molar-refractivity contribution is -0.137. The monoisotopic (exact) mass is 377 g/mol.